The van der Waals surface area contributed by atoms with E-state index >= 15 is 0 Å². The summed E-state index contributed by atoms with van der Waals surface area (Å²) in [5, 5.41) is 3.50. The molecule has 0 saturated heterocycles. The molecule has 0 saturated carbocycles. The number of amides is 1. The smallest absolute Gasteiger partial charge is 0.248 e. The van der Waals surface area contributed by atoms with E-state index in [0.717, 1.165) is 24.9 Å². The van der Waals surface area contributed by atoms with Crippen molar-refractivity contribution >= 4 is 5.91 Å². The standard InChI is InChI=1S/C14H18N2O/c15-14(17)12-6-4-5-11(9-12)10-16-13-7-2-1-3-8-13/h1-2,4-6,9,13,16H,3,7-8,10H2,(H2,15,17). The van der Waals surface area contributed by atoms with Crippen LogP contribution in [0.3, 0.4) is 0 Å². The first kappa shape index (κ1) is 11.9. The van der Waals surface area contributed by atoms with Gasteiger partial charge in [0.05, 0.1) is 0 Å². The van der Waals surface area contributed by atoms with Gasteiger partial charge in [-0.25, -0.2) is 0 Å². The van der Waals surface area contributed by atoms with Gasteiger partial charge >= 0.3 is 0 Å². The second-order valence-corrected chi connectivity index (χ2v) is 4.43. The zero-order valence-electron chi connectivity index (χ0n) is 9.86. The number of carbonyl (C=O) groups excluding carboxylic acids is 1. The van der Waals surface area contributed by atoms with Crippen LogP contribution in [0.25, 0.3) is 0 Å². The van der Waals surface area contributed by atoms with Gasteiger partial charge in [-0.3, -0.25) is 4.79 Å². The van der Waals surface area contributed by atoms with E-state index < -0.39 is 0 Å². The molecule has 2 rings (SSSR count). The van der Waals surface area contributed by atoms with E-state index in [2.05, 4.69) is 17.5 Å². The largest absolute Gasteiger partial charge is 0.366 e. The number of hydrogen-bond donors (Lipinski definition) is 2. The lowest BCUT2D eigenvalue weighted by atomic mass is 10.0. The molecule has 3 N–H and O–H groups in total. The number of allylic oxidation sites excluding steroid dienone is 1. The van der Waals surface area contributed by atoms with Crippen molar-refractivity contribution in [3.8, 4) is 0 Å². The highest BCUT2D eigenvalue weighted by Crippen LogP contribution is 2.12. The van der Waals surface area contributed by atoms with Gasteiger partial charge in [0.25, 0.3) is 0 Å². The Hall–Kier alpha value is -1.61. The van der Waals surface area contributed by atoms with Crippen molar-refractivity contribution in [3.05, 3.63) is 47.5 Å². The first-order chi connectivity index (χ1) is 8.25. The number of rotatable bonds is 4. The predicted octanol–water partition coefficient (Wildman–Crippen LogP) is 1.98. The SMILES string of the molecule is NC(=O)c1cccc(CNC2CC=CCC2)c1. The molecule has 0 radical (unpaired) electrons. The molecule has 3 heteroatoms. The lowest BCUT2D eigenvalue weighted by Gasteiger charge is -2.19. The molecule has 1 aromatic carbocycles. The minimum Gasteiger partial charge on any atom is -0.366 e. The Labute approximate surface area is 102 Å². The Balaban J connectivity index is 1.92. The molecule has 1 aromatic rings. The number of primary amides is 1. The van der Waals surface area contributed by atoms with Crippen LogP contribution in [-0.4, -0.2) is 11.9 Å². The van der Waals surface area contributed by atoms with Crippen LogP contribution < -0.4 is 11.1 Å². The Morgan fingerprint density at radius 1 is 1.41 bits per heavy atom. The van der Waals surface area contributed by atoms with Gasteiger partial charge in [-0.05, 0) is 37.0 Å². The lowest BCUT2D eigenvalue weighted by molar-refractivity contribution is 0.1000. The Morgan fingerprint density at radius 2 is 2.29 bits per heavy atom. The van der Waals surface area contributed by atoms with Crippen molar-refractivity contribution in [1.29, 1.82) is 0 Å². The van der Waals surface area contributed by atoms with Crippen molar-refractivity contribution in [2.24, 2.45) is 5.73 Å². The minimum absolute atomic E-state index is 0.368. The molecule has 0 spiro atoms. The third-order valence-corrected chi connectivity index (χ3v) is 3.08. The highest BCUT2D eigenvalue weighted by atomic mass is 16.1. The van der Waals surface area contributed by atoms with E-state index in [0.29, 0.717) is 11.6 Å². The summed E-state index contributed by atoms with van der Waals surface area (Å²) in [6, 6.07) is 8.04. The molecule has 90 valence electrons. The second kappa shape index (κ2) is 5.64. The monoisotopic (exact) mass is 230 g/mol. The molecule has 17 heavy (non-hydrogen) atoms. The van der Waals surface area contributed by atoms with Gasteiger partial charge in [-0.15, -0.1) is 0 Å². The summed E-state index contributed by atoms with van der Waals surface area (Å²) in [7, 11) is 0. The molecular weight excluding hydrogens is 212 g/mol. The Kier molecular flexibility index (Phi) is 3.94. The van der Waals surface area contributed by atoms with Crippen LogP contribution in [0, 0.1) is 0 Å². The van der Waals surface area contributed by atoms with E-state index in [9.17, 15) is 4.79 Å². The van der Waals surface area contributed by atoms with Crippen molar-refractivity contribution in [3.63, 3.8) is 0 Å². The van der Waals surface area contributed by atoms with Gasteiger partial charge in [0.1, 0.15) is 0 Å². The van der Waals surface area contributed by atoms with Gasteiger partial charge in [0, 0.05) is 18.2 Å². The molecule has 1 unspecified atom stereocenters. The normalized spacial score (nSPS) is 19.2. The first-order valence-corrected chi connectivity index (χ1v) is 6.03. The van der Waals surface area contributed by atoms with Crippen LogP contribution in [0.4, 0.5) is 0 Å². The third-order valence-electron chi connectivity index (χ3n) is 3.08. The highest BCUT2D eigenvalue weighted by Gasteiger charge is 2.09. The summed E-state index contributed by atoms with van der Waals surface area (Å²) in [5.41, 5.74) is 6.94. The predicted molar refractivity (Wildman–Crippen MR) is 68.6 cm³/mol. The van der Waals surface area contributed by atoms with Gasteiger partial charge in [0.2, 0.25) is 5.91 Å². The van der Waals surface area contributed by atoms with Gasteiger partial charge in [-0.1, -0.05) is 24.3 Å². The van der Waals surface area contributed by atoms with Gasteiger partial charge < -0.3 is 11.1 Å². The van der Waals surface area contributed by atoms with E-state index in [1.807, 2.05) is 18.2 Å². The van der Waals surface area contributed by atoms with E-state index in [1.54, 1.807) is 6.07 Å². The average molecular weight is 230 g/mol. The summed E-state index contributed by atoms with van der Waals surface area (Å²) in [4.78, 5) is 11.1. The van der Waals surface area contributed by atoms with Crippen molar-refractivity contribution < 1.29 is 4.79 Å². The molecule has 1 aliphatic rings. The van der Waals surface area contributed by atoms with Crippen molar-refractivity contribution in [2.75, 3.05) is 0 Å². The van der Waals surface area contributed by atoms with Crippen LogP contribution in [0.5, 0.6) is 0 Å². The van der Waals surface area contributed by atoms with Crippen LogP contribution >= 0.6 is 0 Å². The Morgan fingerprint density at radius 3 is 3.00 bits per heavy atom. The molecule has 0 heterocycles. The summed E-state index contributed by atoms with van der Waals surface area (Å²) in [5.74, 6) is -0.368. The van der Waals surface area contributed by atoms with Crippen LogP contribution in [0.1, 0.15) is 35.2 Å². The summed E-state index contributed by atoms with van der Waals surface area (Å²) < 4.78 is 0. The lowest BCUT2D eigenvalue weighted by Crippen LogP contribution is -2.29. The van der Waals surface area contributed by atoms with E-state index in [1.165, 1.54) is 6.42 Å². The van der Waals surface area contributed by atoms with Crippen LogP contribution in [-0.2, 0) is 6.54 Å². The van der Waals surface area contributed by atoms with E-state index in [4.69, 9.17) is 5.73 Å². The Bertz CT molecular complexity index is 426. The average Bonchev–Trinajstić information content (AvgIpc) is 2.38. The number of nitrogens with one attached hydrogen (secondary N) is 1. The zero-order valence-corrected chi connectivity index (χ0v) is 9.86. The molecule has 3 nitrogen and oxygen atoms in total. The number of benzene rings is 1. The molecular formula is C14H18N2O. The number of carbonyl (C=O) groups is 1. The molecule has 1 atom stereocenters. The van der Waals surface area contributed by atoms with E-state index in [-0.39, 0.29) is 5.91 Å². The zero-order chi connectivity index (χ0) is 12.1. The number of nitrogens with two attached hydrogens (primary N) is 1. The third kappa shape index (κ3) is 3.43. The molecule has 0 aromatic heterocycles. The fraction of sp³-hybridized carbons (Fsp3) is 0.357. The minimum atomic E-state index is -0.368. The maximum absolute atomic E-state index is 11.1. The molecule has 0 bridgehead atoms. The second-order valence-electron chi connectivity index (χ2n) is 4.43. The first-order valence-electron chi connectivity index (χ1n) is 6.03. The fourth-order valence-corrected chi connectivity index (χ4v) is 2.08. The summed E-state index contributed by atoms with van der Waals surface area (Å²) >= 11 is 0. The van der Waals surface area contributed by atoms with Crippen molar-refractivity contribution in [2.45, 2.75) is 31.8 Å². The number of hydrogen-bond acceptors (Lipinski definition) is 2. The maximum atomic E-state index is 11.1. The topological polar surface area (TPSA) is 55.1 Å². The summed E-state index contributed by atoms with van der Waals surface area (Å²) in [6.07, 6.45) is 7.88. The van der Waals surface area contributed by atoms with Crippen LogP contribution in [0.15, 0.2) is 36.4 Å². The quantitative estimate of drug-likeness (QED) is 0.777. The molecule has 1 aliphatic carbocycles. The fourth-order valence-electron chi connectivity index (χ4n) is 2.08. The van der Waals surface area contributed by atoms with Gasteiger partial charge in [0.15, 0.2) is 0 Å². The van der Waals surface area contributed by atoms with Gasteiger partial charge in [-0.2, -0.15) is 0 Å². The van der Waals surface area contributed by atoms with Crippen LogP contribution in [0.2, 0.25) is 0 Å². The van der Waals surface area contributed by atoms with Crippen molar-refractivity contribution in [1.82, 2.24) is 5.32 Å². The maximum Gasteiger partial charge on any atom is 0.248 e. The molecule has 0 aliphatic heterocycles. The molecule has 0 fully saturated rings. The highest BCUT2D eigenvalue weighted by molar-refractivity contribution is 5.92. The molecule has 1 amide bonds. The summed E-state index contributed by atoms with van der Waals surface area (Å²) in [6.45, 7) is 0.791.